The molecule has 0 fully saturated rings. The molecule has 0 radical (unpaired) electrons. The summed E-state index contributed by atoms with van der Waals surface area (Å²) in [6.45, 7) is 4.52. The van der Waals surface area contributed by atoms with Gasteiger partial charge in [-0.05, 0) is 140 Å². The number of aromatic nitrogens is 1. The molecule has 0 unspecified atom stereocenters. The summed E-state index contributed by atoms with van der Waals surface area (Å²) >= 11 is 0. The van der Waals surface area contributed by atoms with Crippen LogP contribution < -0.4 is 4.90 Å². The van der Waals surface area contributed by atoms with Gasteiger partial charge in [-0.1, -0.05) is 158 Å². The van der Waals surface area contributed by atoms with E-state index in [1.807, 2.05) is 78.9 Å². The molecule has 3 heteroatoms. The maximum Gasteiger partial charge on any atom is 0.148 e. The van der Waals surface area contributed by atoms with Crippen LogP contribution in [0.5, 0.6) is 0 Å². The molecule has 2 nitrogen and oxygen atoms in total. The van der Waals surface area contributed by atoms with Gasteiger partial charge in [0.05, 0.1) is 16.7 Å². The van der Waals surface area contributed by atoms with Crippen LogP contribution in [0.3, 0.4) is 0 Å². The van der Waals surface area contributed by atoms with Crippen molar-refractivity contribution in [2.24, 2.45) is 0 Å². The van der Waals surface area contributed by atoms with Crippen LogP contribution in [0, 0.1) is 19.7 Å². The molecule has 1 aromatic heterocycles. The van der Waals surface area contributed by atoms with E-state index in [1.54, 1.807) is 6.07 Å². The molecule has 1 heterocycles. The SMILES string of the molecule is Cc1cc(-c2ccc(N(c3ccccc3)c3c(F)cc(-c4ccccc4)cc3-c3ccccc3)cc2)c2ccc3c(C)c4c(c5ccc1c2c35)c1ccccc1n4-c1ccccc1. The van der Waals surface area contributed by atoms with E-state index in [-0.39, 0.29) is 5.82 Å². The van der Waals surface area contributed by atoms with Crippen molar-refractivity contribution in [3.8, 4) is 39.1 Å². The second-order valence-corrected chi connectivity index (χ2v) is 16.7. The molecule has 12 rings (SSSR count). The molecule has 12 aromatic rings. The molecule has 63 heavy (non-hydrogen) atoms. The van der Waals surface area contributed by atoms with Gasteiger partial charge in [0.2, 0.25) is 0 Å². The predicted molar refractivity (Wildman–Crippen MR) is 265 cm³/mol. The van der Waals surface area contributed by atoms with Crippen molar-refractivity contribution in [3.05, 3.63) is 229 Å². The lowest BCUT2D eigenvalue weighted by molar-refractivity contribution is 0.630. The van der Waals surface area contributed by atoms with Gasteiger partial charge < -0.3 is 9.47 Å². The highest BCUT2D eigenvalue weighted by Crippen LogP contribution is 2.49. The van der Waals surface area contributed by atoms with Crippen LogP contribution in [0.1, 0.15) is 11.1 Å². The number of anilines is 3. The molecule has 0 saturated carbocycles. The smallest absolute Gasteiger partial charge is 0.148 e. The summed E-state index contributed by atoms with van der Waals surface area (Å²) in [5, 5.41) is 10.2. The number of aryl methyl sites for hydroxylation is 2. The standard InChI is InChI=1S/C60H41FN2/c1-38-35-52(49-33-32-48-39(2)59-58(51-34-31-47(38)56(49)57(48)51)50-25-15-16-26-55(50)63(59)45-23-13-6-14-24-45)42-27-29-46(30-28-42)62(44-21-11-5-12-22-44)60-53(41-19-9-4-10-20-41)36-43(37-54(60)61)40-17-7-3-8-18-40/h3-37H,1-2H3. The third kappa shape index (κ3) is 5.77. The molecule has 11 aromatic carbocycles. The van der Waals surface area contributed by atoms with Crippen molar-refractivity contribution in [3.63, 3.8) is 0 Å². The Morgan fingerprint density at radius 3 is 1.68 bits per heavy atom. The molecule has 298 valence electrons. The van der Waals surface area contributed by atoms with E-state index in [4.69, 9.17) is 0 Å². The average molecular weight is 809 g/mol. The van der Waals surface area contributed by atoms with Crippen molar-refractivity contribution in [1.82, 2.24) is 4.57 Å². The van der Waals surface area contributed by atoms with Crippen LogP contribution in [0.15, 0.2) is 212 Å². The van der Waals surface area contributed by atoms with Crippen LogP contribution in [0.25, 0.3) is 93.2 Å². The van der Waals surface area contributed by atoms with E-state index in [0.29, 0.717) is 5.69 Å². The number of hydrogen-bond donors (Lipinski definition) is 0. The molecule has 0 N–H and O–H groups in total. The Hall–Kier alpha value is -8.01. The van der Waals surface area contributed by atoms with Gasteiger partial charge in [0.1, 0.15) is 5.82 Å². The summed E-state index contributed by atoms with van der Waals surface area (Å²) in [4.78, 5) is 2.06. The normalized spacial score (nSPS) is 11.7. The van der Waals surface area contributed by atoms with Crippen molar-refractivity contribution in [1.29, 1.82) is 0 Å². The average Bonchev–Trinajstić information content (AvgIpc) is 3.70. The highest BCUT2D eigenvalue weighted by atomic mass is 19.1. The minimum atomic E-state index is -0.290. The zero-order chi connectivity index (χ0) is 42.2. The second kappa shape index (κ2) is 14.6. The zero-order valence-electron chi connectivity index (χ0n) is 35.0. The summed E-state index contributed by atoms with van der Waals surface area (Å²) < 4.78 is 19.6. The first-order valence-electron chi connectivity index (χ1n) is 21.6. The van der Waals surface area contributed by atoms with E-state index < -0.39 is 0 Å². The lowest BCUT2D eigenvalue weighted by Gasteiger charge is -2.29. The van der Waals surface area contributed by atoms with Gasteiger partial charge in [-0.2, -0.15) is 0 Å². The molecule has 0 spiro atoms. The van der Waals surface area contributed by atoms with Crippen LogP contribution in [-0.4, -0.2) is 4.57 Å². The number of fused-ring (bicyclic) bond motifs is 4. The summed E-state index contributed by atoms with van der Waals surface area (Å²) in [5.41, 5.74) is 14.3. The highest BCUT2D eigenvalue weighted by Gasteiger charge is 2.25. The Balaban J connectivity index is 1.05. The van der Waals surface area contributed by atoms with Crippen LogP contribution in [0.2, 0.25) is 0 Å². The molecule has 0 bridgehead atoms. The van der Waals surface area contributed by atoms with Gasteiger partial charge in [0.15, 0.2) is 0 Å². The largest absolute Gasteiger partial charge is 0.309 e. The Morgan fingerprint density at radius 2 is 0.952 bits per heavy atom. The molecular formula is C60H41FN2. The van der Waals surface area contributed by atoms with Gasteiger partial charge >= 0.3 is 0 Å². The molecule has 0 aliphatic carbocycles. The first kappa shape index (κ1) is 36.8. The monoisotopic (exact) mass is 808 g/mol. The Bertz CT molecular complexity index is 3670. The third-order valence-electron chi connectivity index (χ3n) is 13.1. The number of nitrogens with zero attached hydrogens (tertiary/aromatic N) is 2. The van der Waals surface area contributed by atoms with Crippen molar-refractivity contribution in [2.45, 2.75) is 13.8 Å². The Morgan fingerprint density at radius 1 is 0.397 bits per heavy atom. The third-order valence-corrected chi connectivity index (χ3v) is 13.1. The zero-order valence-corrected chi connectivity index (χ0v) is 35.0. The lowest BCUT2D eigenvalue weighted by Crippen LogP contribution is -2.13. The minimum absolute atomic E-state index is 0.290. The van der Waals surface area contributed by atoms with E-state index >= 15 is 4.39 Å². The van der Waals surface area contributed by atoms with Crippen molar-refractivity contribution < 1.29 is 4.39 Å². The van der Waals surface area contributed by atoms with Gasteiger partial charge in [0, 0.05) is 33.4 Å². The summed E-state index contributed by atoms with van der Waals surface area (Å²) in [5.74, 6) is -0.290. The Kier molecular flexibility index (Phi) is 8.52. The van der Waals surface area contributed by atoms with Gasteiger partial charge in [-0.25, -0.2) is 4.39 Å². The molecule has 0 saturated heterocycles. The van der Waals surface area contributed by atoms with Crippen molar-refractivity contribution in [2.75, 3.05) is 4.90 Å². The van der Waals surface area contributed by atoms with Crippen LogP contribution >= 0.6 is 0 Å². The number of benzene rings is 11. The summed E-state index contributed by atoms with van der Waals surface area (Å²) in [7, 11) is 0. The quantitative estimate of drug-likeness (QED) is 0.146. The van der Waals surface area contributed by atoms with E-state index in [2.05, 4.69) is 151 Å². The van der Waals surface area contributed by atoms with Gasteiger partial charge in [0.25, 0.3) is 0 Å². The first-order valence-corrected chi connectivity index (χ1v) is 21.6. The maximum atomic E-state index is 17.1. The van der Waals surface area contributed by atoms with Crippen LogP contribution in [0.4, 0.5) is 21.5 Å². The van der Waals surface area contributed by atoms with Gasteiger partial charge in [-0.15, -0.1) is 0 Å². The topological polar surface area (TPSA) is 8.17 Å². The molecule has 0 amide bonds. The number of halogens is 1. The van der Waals surface area contributed by atoms with E-state index in [0.717, 1.165) is 44.9 Å². The fourth-order valence-corrected chi connectivity index (χ4v) is 10.3. The minimum Gasteiger partial charge on any atom is -0.309 e. The first-order chi connectivity index (χ1) is 31.0. The number of hydrogen-bond acceptors (Lipinski definition) is 1. The fourth-order valence-electron chi connectivity index (χ4n) is 10.3. The van der Waals surface area contributed by atoms with E-state index in [9.17, 15) is 0 Å². The summed E-state index contributed by atoms with van der Waals surface area (Å²) in [6.07, 6.45) is 0. The number of para-hydroxylation sites is 3. The molecular weight excluding hydrogens is 768 g/mol. The maximum absolute atomic E-state index is 17.1. The number of rotatable bonds is 7. The van der Waals surface area contributed by atoms with Gasteiger partial charge in [-0.3, -0.25) is 0 Å². The Labute approximate surface area is 365 Å². The predicted octanol–water partition coefficient (Wildman–Crippen LogP) is 16.9. The van der Waals surface area contributed by atoms with Crippen LogP contribution in [-0.2, 0) is 0 Å². The molecule has 0 aliphatic rings. The highest BCUT2D eigenvalue weighted by molar-refractivity contribution is 6.35. The fraction of sp³-hybridized carbons (Fsp3) is 0.0333. The molecule has 0 atom stereocenters. The second-order valence-electron chi connectivity index (χ2n) is 16.7. The molecule has 0 aliphatic heterocycles. The lowest BCUT2D eigenvalue weighted by atomic mass is 9.85. The van der Waals surface area contributed by atoms with E-state index in [1.165, 1.54) is 70.8 Å². The summed E-state index contributed by atoms with van der Waals surface area (Å²) in [6, 6.07) is 74.0. The van der Waals surface area contributed by atoms with Crippen molar-refractivity contribution >= 4 is 71.2 Å².